The second-order valence-electron chi connectivity index (χ2n) is 7.41. The number of anilines is 1. The summed E-state index contributed by atoms with van der Waals surface area (Å²) in [5.41, 5.74) is 1.11. The monoisotopic (exact) mass is 539 g/mol. The number of halogens is 1. The van der Waals surface area contributed by atoms with Gasteiger partial charge >= 0.3 is 0 Å². The van der Waals surface area contributed by atoms with Crippen LogP contribution in [0.25, 0.3) is 0 Å². The molecule has 0 aromatic heterocycles. The van der Waals surface area contributed by atoms with E-state index in [1.54, 1.807) is 56.5 Å². The zero-order valence-electron chi connectivity index (χ0n) is 19.2. The Morgan fingerprint density at radius 3 is 2.39 bits per heavy atom. The molecule has 1 atom stereocenters. The molecule has 0 spiro atoms. The van der Waals surface area contributed by atoms with Crippen LogP contribution in [0.5, 0.6) is 5.75 Å². The van der Waals surface area contributed by atoms with Crippen LogP contribution in [0.2, 0.25) is 0 Å². The number of likely N-dealkylation sites (N-methyl/N-ethyl adjacent to an activating group) is 1. The van der Waals surface area contributed by atoms with E-state index in [4.69, 9.17) is 4.74 Å². The number of hydrogen-bond donors (Lipinski definition) is 1. The van der Waals surface area contributed by atoms with E-state index in [0.717, 1.165) is 16.1 Å². The summed E-state index contributed by atoms with van der Waals surface area (Å²) in [6.45, 7) is 3.72. The second-order valence-corrected chi connectivity index (χ2v) is 10.2. The van der Waals surface area contributed by atoms with E-state index in [1.165, 1.54) is 4.90 Å². The van der Waals surface area contributed by atoms with Crippen molar-refractivity contribution in [3.63, 3.8) is 0 Å². The van der Waals surface area contributed by atoms with Crippen molar-refractivity contribution in [3.8, 4) is 5.75 Å². The molecular weight excluding hydrogens is 510 g/mol. The average molecular weight is 540 g/mol. The van der Waals surface area contributed by atoms with Crippen LogP contribution in [0.4, 0.5) is 5.69 Å². The maximum absolute atomic E-state index is 13.5. The molecule has 0 aliphatic heterocycles. The molecule has 1 N–H and O–H groups in total. The number of benzene rings is 2. The fourth-order valence-electron chi connectivity index (χ4n) is 3.43. The molecule has 0 saturated heterocycles. The van der Waals surface area contributed by atoms with Gasteiger partial charge in [0.15, 0.2) is 0 Å². The van der Waals surface area contributed by atoms with Gasteiger partial charge in [0.05, 0.1) is 19.1 Å². The highest BCUT2D eigenvalue weighted by molar-refractivity contribution is 9.10. The molecule has 33 heavy (non-hydrogen) atoms. The van der Waals surface area contributed by atoms with Gasteiger partial charge in [-0.15, -0.1) is 0 Å². The number of sulfonamides is 1. The smallest absolute Gasteiger partial charge is 0.244 e. The summed E-state index contributed by atoms with van der Waals surface area (Å²) in [5.74, 6) is -0.155. The molecule has 0 unspecified atom stereocenters. The molecule has 0 heterocycles. The Morgan fingerprint density at radius 2 is 1.82 bits per heavy atom. The van der Waals surface area contributed by atoms with E-state index in [-0.39, 0.29) is 12.5 Å². The summed E-state index contributed by atoms with van der Waals surface area (Å²) in [6.07, 6.45) is 1.42. The number of nitrogens with zero attached hydrogens (tertiary/aromatic N) is 2. The molecule has 0 aliphatic carbocycles. The van der Waals surface area contributed by atoms with Crippen LogP contribution >= 0.6 is 15.9 Å². The van der Waals surface area contributed by atoms with Gasteiger partial charge in [0, 0.05) is 17.6 Å². The number of carbonyl (C=O) groups is 2. The van der Waals surface area contributed by atoms with Crippen LogP contribution in [0.3, 0.4) is 0 Å². The van der Waals surface area contributed by atoms with Crippen LogP contribution < -0.4 is 14.4 Å². The van der Waals surface area contributed by atoms with E-state index >= 15 is 0 Å². The van der Waals surface area contributed by atoms with Gasteiger partial charge in [-0.25, -0.2) is 8.42 Å². The van der Waals surface area contributed by atoms with E-state index in [1.807, 2.05) is 13.0 Å². The van der Waals surface area contributed by atoms with E-state index in [9.17, 15) is 18.0 Å². The third kappa shape index (κ3) is 7.20. The summed E-state index contributed by atoms with van der Waals surface area (Å²) in [5, 5.41) is 2.77. The molecule has 10 heteroatoms. The van der Waals surface area contributed by atoms with Crippen molar-refractivity contribution < 1.29 is 22.7 Å². The van der Waals surface area contributed by atoms with E-state index in [2.05, 4.69) is 21.2 Å². The predicted molar refractivity (Wildman–Crippen MR) is 133 cm³/mol. The van der Waals surface area contributed by atoms with Crippen LogP contribution in [0.1, 0.15) is 25.8 Å². The highest BCUT2D eigenvalue weighted by Crippen LogP contribution is 2.28. The third-order valence-corrected chi connectivity index (χ3v) is 6.82. The number of methoxy groups -OCH3 is 1. The topological polar surface area (TPSA) is 96.0 Å². The van der Waals surface area contributed by atoms with Gasteiger partial charge in [0.2, 0.25) is 21.8 Å². The van der Waals surface area contributed by atoms with Crippen molar-refractivity contribution in [3.05, 3.63) is 58.6 Å². The molecule has 2 rings (SSSR count). The number of carbonyl (C=O) groups excluding carboxylic acids is 2. The number of nitrogens with one attached hydrogen (secondary N) is 1. The molecule has 180 valence electrons. The number of hydrogen-bond acceptors (Lipinski definition) is 5. The van der Waals surface area contributed by atoms with Crippen molar-refractivity contribution in [2.45, 2.75) is 32.9 Å². The van der Waals surface area contributed by atoms with Gasteiger partial charge in [0.25, 0.3) is 0 Å². The summed E-state index contributed by atoms with van der Waals surface area (Å²) in [7, 11) is -2.23. The first-order chi connectivity index (χ1) is 15.6. The summed E-state index contributed by atoms with van der Waals surface area (Å²) < 4.78 is 32.1. The minimum absolute atomic E-state index is 0.124. The maximum Gasteiger partial charge on any atom is 0.244 e. The van der Waals surface area contributed by atoms with Crippen molar-refractivity contribution in [1.29, 1.82) is 0 Å². The van der Waals surface area contributed by atoms with Crippen molar-refractivity contribution in [2.24, 2.45) is 0 Å². The van der Waals surface area contributed by atoms with Gasteiger partial charge < -0.3 is 15.0 Å². The minimum Gasteiger partial charge on any atom is -0.497 e. The fourth-order valence-corrected chi connectivity index (χ4v) is 4.91. The predicted octanol–water partition coefficient (Wildman–Crippen LogP) is 3.17. The average Bonchev–Trinajstić information content (AvgIpc) is 2.77. The normalized spacial score (nSPS) is 12.0. The maximum atomic E-state index is 13.5. The molecule has 0 radical (unpaired) electrons. The molecule has 0 saturated carbocycles. The lowest BCUT2D eigenvalue weighted by Gasteiger charge is -2.33. The lowest BCUT2D eigenvalue weighted by atomic mass is 10.1. The van der Waals surface area contributed by atoms with Crippen molar-refractivity contribution >= 4 is 43.5 Å². The number of ether oxygens (including phenoxy) is 1. The Bertz CT molecular complexity index is 1080. The number of amides is 2. The zero-order chi connectivity index (χ0) is 24.6. The molecular formula is C23H30BrN3O5S. The van der Waals surface area contributed by atoms with E-state index in [0.29, 0.717) is 28.9 Å². The van der Waals surface area contributed by atoms with Crippen LogP contribution in [-0.2, 0) is 26.2 Å². The standard InChI is InChI=1S/C23H30BrN3O5S/c1-5-20(23(29)25-6-2)26(15-17-10-9-11-18(14-17)32-3)22(28)16-27(33(4,30)31)21-13-8-7-12-19(21)24/h7-14,20H,5-6,15-16H2,1-4H3,(H,25,29)/t20-/m1/s1. The lowest BCUT2D eigenvalue weighted by Crippen LogP contribution is -2.52. The zero-order valence-corrected chi connectivity index (χ0v) is 21.6. The Hall–Kier alpha value is -2.59. The molecule has 8 nitrogen and oxygen atoms in total. The van der Waals surface area contributed by atoms with Crippen LogP contribution in [0, 0.1) is 0 Å². The highest BCUT2D eigenvalue weighted by atomic mass is 79.9. The molecule has 2 aromatic carbocycles. The first-order valence-corrected chi connectivity index (χ1v) is 13.2. The third-order valence-electron chi connectivity index (χ3n) is 5.02. The largest absolute Gasteiger partial charge is 0.497 e. The van der Waals surface area contributed by atoms with Gasteiger partial charge in [-0.1, -0.05) is 31.2 Å². The van der Waals surface area contributed by atoms with Gasteiger partial charge in [0.1, 0.15) is 18.3 Å². The minimum atomic E-state index is -3.78. The second kappa shape index (κ2) is 12.0. The Balaban J connectivity index is 2.46. The molecule has 0 bridgehead atoms. The van der Waals surface area contributed by atoms with Crippen molar-refractivity contribution in [1.82, 2.24) is 10.2 Å². The highest BCUT2D eigenvalue weighted by Gasteiger charge is 2.32. The Labute approximate surface area is 204 Å². The van der Waals surface area contributed by atoms with Gasteiger partial charge in [-0.3, -0.25) is 13.9 Å². The van der Waals surface area contributed by atoms with Crippen LogP contribution in [0.15, 0.2) is 53.0 Å². The first-order valence-electron chi connectivity index (χ1n) is 10.5. The molecule has 0 fully saturated rings. The Kier molecular flexibility index (Phi) is 9.72. The number of para-hydroxylation sites is 1. The molecule has 0 aliphatic rings. The number of rotatable bonds is 11. The van der Waals surface area contributed by atoms with Gasteiger partial charge in [-0.05, 0) is 59.1 Å². The van der Waals surface area contributed by atoms with Crippen LogP contribution in [-0.4, -0.2) is 57.6 Å². The lowest BCUT2D eigenvalue weighted by molar-refractivity contribution is -0.140. The molecule has 2 amide bonds. The summed E-state index contributed by atoms with van der Waals surface area (Å²) in [6, 6.07) is 13.2. The summed E-state index contributed by atoms with van der Waals surface area (Å²) in [4.78, 5) is 27.7. The SMILES string of the molecule is CCNC(=O)[C@@H](CC)N(Cc1cccc(OC)c1)C(=O)CN(c1ccccc1Br)S(C)(=O)=O. The van der Waals surface area contributed by atoms with Gasteiger partial charge in [-0.2, -0.15) is 0 Å². The molecule has 2 aromatic rings. The van der Waals surface area contributed by atoms with E-state index < -0.39 is 28.5 Å². The quantitative estimate of drug-likeness (QED) is 0.473. The fraction of sp³-hybridized carbons (Fsp3) is 0.391. The Morgan fingerprint density at radius 1 is 1.12 bits per heavy atom. The summed E-state index contributed by atoms with van der Waals surface area (Å²) >= 11 is 3.36. The van der Waals surface area contributed by atoms with Crippen molar-refractivity contribution in [2.75, 3.05) is 30.8 Å². The first kappa shape index (κ1) is 26.7.